The maximum Gasteiger partial charge on any atom is 0.225 e. The van der Waals surface area contributed by atoms with Gasteiger partial charge >= 0.3 is 0 Å². The molecule has 1 rings (SSSR count). The first-order valence-electron chi connectivity index (χ1n) is 4.87. The van der Waals surface area contributed by atoms with E-state index in [9.17, 15) is 4.79 Å². The van der Waals surface area contributed by atoms with Crippen molar-refractivity contribution in [3.63, 3.8) is 0 Å². The van der Waals surface area contributed by atoms with Crippen LogP contribution in [-0.4, -0.2) is 5.91 Å². The van der Waals surface area contributed by atoms with Crippen LogP contribution in [0.2, 0.25) is 0 Å². The summed E-state index contributed by atoms with van der Waals surface area (Å²) in [6, 6.07) is 7.73. The van der Waals surface area contributed by atoms with Crippen molar-refractivity contribution in [1.29, 1.82) is 0 Å². The standard InChI is InChI=1S/C12H16BrNO/c1-12(2,3)10(11(14)15)8-4-6-9(13)7-5-8/h4-7,10H,1-3H3,(H2,14,15)/t10-/m1/s1. The summed E-state index contributed by atoms with van der Waals surface area (Å²) in [6.45, 7) is 6.05. The number of carbonyl (C=O) groups is 1. The number of halogens is 1. The van der Waals surface area contributed by atoms with Gasteiger partial charge in [0.25, 0.3) is 0 Å². The van der Waals surface area contributed by atoms with Crippen molar-refractivity contribution < 1.29 is 4.79 Å². The molecule has 0 aromatic heterocycles. The van der Waals surface area contributed by atoms with Crippen LogP contribution in [0.15, 0.2) is 28.7 Å². The highest BCUT2D eigenvalue weighted by molar-refractivity contribution is 9.10. The highest BCUT2D eigenvalue weighted by atomic mass is 79.9. The van der Waals surface area contributed by atoms with Crippen LogP contribution in [0, 0.1) is 5.41 Å². The fraction of sp³-hybridized carbons (Fsp3) is 0.417. The number of primary amides is 1. The molecule has 1 amide bonds. The van der Waals surface area contributed by atoms with Gasteiger partial charge < -0.3 is 5.73 Å². The van der Waals surface area contributed by atoms with E-state index in [-0.39, 0.29) is 17.2 Å². The summed E-state index contributed by atoms with van der Waals surface area (Å²) in [5.41, 5.74) is 6.26. The third kappa shape index (κ3) is 3.06. The van der Waals surface area contributed by atoms with Crippen molar-refractivity contribution >= 4 is 21.8 Å². The SMILES string of the molecule is CC(C)(C)[C@@H](C(N)=O)c1ccc(Br)cc1. The molecule has 2 nitrogen and oxygen atoms in total. The Labute approximate surface area is 99.0 Å². The second-order valence-corrected chi connectivity index (χ2v) is 5.67. The molecule has 0 saturated carbocycles. The minimum Gasteiger partial charge on any atom is -0.369 e. The summed E-state index contributed by atoms with van der Waals surface area (Å²) in [7, 11) is 0. The first-order chi connectivity index (χ1) is 6.82. The molecular weight excluding hydrogens is 254 g/mol. The van der Waals surface area contributed by atoms with E-state index in [0.29, 0.717) is 0 Å². The van der Waals surface area contributed by atoms with E-state index in [0.717, 1.165) is 10.0 Å². The molecular formula is C12H16BrNO. The molecule has 1 atom stereocenters. The quantitative estimate of drug-likeness (QED) is 0.881. The van der Waals surface area contributed by atoms with Crippen molar-refractivity contribution in [3.8, 4) is 0 Å². The molecule has 3 heteroatoms. The highest BCUT2D eigenvalue weighted by Gasteiger charge is 2.30. The molecule has 0 spiro atoms. The van der Waals surface area contributed by atoms with Crippen LogP contribution in [0.1, 0.15) is 32.3 Å². The van der Waals surface area contributed by atoms with Crippen molar-refractivity contribution in [2.75, 3.05) is 0 Å². The van der Waals surface area contributed by atoms with Crippen molar-refractivity contribution in [2.45, 2.75) is 26.7 Å². The lowest BCUT2D eigenvalue weighted by molar-refractivity contribution is -0.121. The van der Waals surface area contributed by atoms with E-state index in [2.05, 4.69) is 15.9 Å². The predicted octanol–water partition coefficient (Wildman–Crippen LogP) is 3.06. The summed E-state index contributed by atoms with van der Waals surface area (Å²) in [5, 5.41) is 0. The summed E-state index contributed by atoms with van der Waals surface area (Å²) in [5.74, 6) is -0.518. The first-order valence-corrected chi connectivity index (χ1v) is 5.66. The maximum absolute atomic E-state index is 11.4. The highest BCUT2D eigenvalue weighted by Crippen LogP contribution is 2.35. The number of amides is 1. The Balaban J connectivity index is 3.11. The molecule has 0 aliphatic heterocycles. The molecule has 1 aromatic carbocycles. The van der Waals surface area contributed by atoms with Crippen molar-refractivity contribution in [2.24, 2.45) is 11.1 Å². The van der Waals surface area contributed by atoms with Crippen LogP contribution in [0.25, 0.3) is 0 Å². The minimum absolute atomic E-state index is 0.153. The number of nitrogens with two attached hydrogens (primary N) is 1. The molecule has 0 heterocycles. The van der Waals surface area contributed by atoms with E-state index >= 15 is 0 Å². The Morgan fingerprint density at radius 1 is 1.27 bits per heavy atom. The number of hydrogen-bond donors (Lipinski definition) is 1. The van der Waals surface area contributed by atoms with Crippen LogP contribution >= 0.6 is 15.9 Å². The lowest BCUT2D eigenvalue weighted by Crippen LogP contribution is -2.31. The Bertz CT molecular complexity index is 351. The Morgan fingerprint density at radius 2 is 1.73 bits per heavy atom. The minimum atomic E-state index is -0.273. The smallest absolute Gasteiger partial charge is 0.225 e. The molecule has 0 radical (unpaired) electrons. The summed E-state index contributed by atoms with van der Waals surface area (Å²) in [4.78, 5) is 11.4. The zero-order valence-corrected chi connectivity index (χ0v) is 10.8. The predicted molar refractivity (Wildman–Crippen MR) is 65.5 cm³/mol. The molecule has 1 aromatic rings. The van der Waals surface area contributed by atoms with Gasteiger partial charge in [0.15, 0.2) is 0 Å². The number of benzene rings is 1. The van der Waals surface area contributed by atoms with Gasteiger partial charge in [-0.3, -0.25) is 4.79 Å². The lowest BCUT2D eigenvalue weighted by atomic mass is 9.76. The maximum atomic E-state index is 11.4. The number of hydrogen-bond acceptors (Lipinski definition) is 1. The monoisotopic (exact) mass is 269 g/mol. The zero-order valence-electron chi connectivity index (χ0n) is 9.25. The molecule has 15 heavy (non-hydrogen) atoms. The summed E-state index contributed by atoms with van der Waals surface area (Å²) >= 11 is 3.37. The van der Waals surface area contributed by atoms with Crippen LogP contribution in [0.5, 0.6) is 0 Å². The largest absolute Gasteiger partial charge is 0.369 e. The van der Waals surface area contributed by atoms with E-state index < -0.39 is 0 Å². The first kappa shape index (κ1) is 12.2. The van der Waals surface area contributed by atoms with Gasteiger partial charge in [-0.1, -0.05) is 48.8 Å². The Morgan fingerprint density at radius 3 is 2.07 bits per heavy atom. The molecule has 0 unspecified atom stereocenters. The van der Waals surface area contributed by atoms with Gasteiger partial charge in [0.05, 0.1) is 5.92 Å². The van der Waals surface area contributed by atoms with Gasteiger partial charge in [-0.15, -0.1) is 0 Å². The van der Waals surface area contributed by atoms with E-state index in [1.54, 1.807) is 0 Å². The van der Waals surface area contributed by atoms with Gasteiger partial charge in [-0.2, -0.15) is 0 Å². The van der Waals surface area contributed by atoms with Gasteiger partial charge in [0.2, 0.25) is 5.91 Å². The topological polar surface area (TPSA) is 43.1 Å². The molecule has 0 bridgehead atoms. The summed E-state index contributed by atoms with van der Waals surface area (Å²) in [6.07, 6.45) is 0. The van der Waals surface area contributed by atoms with E-state index in [1.807, 2.05) is 45.0 Å². The third-order valence-electron chi connectivity index (χ3n) is 2.35. The van der Waals surface area contributed by atoms with Crippen molar-refractivity contribution in [3.05, 3.63) is 34.3 Å². The second-order valence-electron chi connectivity index (χ2n) is 4.75. The van der Waals surface area contributed by atoms with Gasteiger partial charge in [0.1, 0.15) is 0 Å². The normalized spacial score (nSPS) is 13.6. The van der Waals surface area contributed by atoms with Crippen LogP contribution in [-0.2, 0) is 4.79 Å². The average Bonchev–Trinajstić information content (AvgIpc) is 2.05. The van der Waals surface area contributed by atoms with Gasteiger partial charge in [0, 0.05) is 4.47 Å². The lowest BCUT2D eigenvalue weighted by Gasteiger charge is -2.28. The molecule has 0 aliphatic rings. The number of carbonyl (C=O) groups excluding carboxylic acids is 1. The molecule has 0 aliphatic carbocycles. The van der Waals surface area contributed by atoms with Gasteiger partial charge in [-0.25, -0.2) is 0 Å². The fourth-order valence-corrected chi connectivity index (χ4v) is 2.01. The fourth-order valence-electron chi connectivity index (χ4n) is 1.75. The van der Waals surface area contributed by atoms with E-state index in [1.165, 1.54) is 0 Å². The molecule has 0 fully saturated rings. The van der Waals surface area contributed by atoms with Crippen LogP contribution in [0.4, 0.5) is 0 Å². The molecule has 0 saturated heterocycles. The van der Waals surface area contributed by atoms with Crippen LogP contribution in [0.3, 0.4) is 0 Å². The molecule has 82 valence electrons. The Kier molecular flexibility index (Phi) is 3.55. The third-order valence-corrected chi connectivity index (χ3v) is 2.88. The Hall–Kier alpha value is -0.830. The second kappa shape index (κ2) is 4.35. The van der Waals surface area contributed by atoms with Gasteiger partial charge in [-0.05, 0) is 23.1 Å². The average molecular weight is 270 g/mol. The van der Waals surface area contributed by atoms with E-state index in [4.69, 9.17) is 5.73 Å². The van der Waals surface area contributed by atoms with Crippen molar-refractivity contribution in [1.82, 2.24) is 0 Å². The molecule has 2 N–H and O–H groups in total. The zero-order chi connectivity index (χ0) is 11.6. The summed E-state index contributed by atoms with van der Waals surface area (Å²) < 4.78 is 1.00. The number of rotatable bonds is 2. The van der Waals surface area contributed by atoms with Crippen LogP contribution < -0.4 is 5.73 Å².